The molecule has 2 fully saturated rings. The molecule has 49 heavy (non-hydrogen) atoms. The molecule has 4 N–H and O–H groups in total. The van der Waals surface area contributed by atoms with Crippen LogP contribution < -0.4 is 10.6 Å². The Bertz CT molecular complexity index is 1840. The second-order valence-corrected chi connectivity index (χ2v) is 14.5. The number of hydrogen-bond acceptors (Lipinski definition) is 16. The first-order valence-electron chi connectivity index (χ1n) is 14.8. The van der Waals surface area contributed by atoms with Crippen molar-refractivity contribution >= 4 is 72.9 Å². The number of aliphatic hydroxyl groups is 2. The first-order chi connectivity index (χ1) is 23.7. The Morgan fingerprint density at radius 1 is 0.796 bits per heavy atom. The number of ether oxygens (including phenoxy) is 2. The summed E-state index contributed by atoms with van der Waals surface area (Å²) in [5.74, 6) is 0.815. The van der Waals surface area contributed by atoms with Crippen LogP contribution in [0.25, 0.3) is 22.3 Å². The molecule has 266 valence electrons. The molecule has 24 heteroatoms. The molecule has 0 bridgehead atoms. The fourth-order valence-electron chi connectivity index (χ4n) is 5.61. The Morgan fingerprint density at radius 3 is 1.76 bits per heavy atom. The average molecular weight is 765 g/mol. The van der Waals surface area contributed by atoms with E-state index in [0.717, 1.165) is 0 Å². The number of imidazole rings is 2. The van der Waals surface area contributed by atoms with Crippen molar-refractivity contribution in [3.8, 4) is 0 Å². The minimum Gasteiger partial charge on any atom is -0.394 e. The van der Waals surface area contributed by atoms with E-state index in [4.69, 9.17) is 18.5 Å². The van der Waals surface area contributed by atoms with Crippen molar-refractivity contribution in [2.24, 2.45) is 0 Å². The van der Waals surface area contributed by atoms with Gasteiger partial charge in [0.1, 0.15) is 37.1 Å². The first-order valence-corrected chi connectivity index (χ1v) is 20.0. The summed E-state index contributed by atoms with van der Waals surface area (Å²) in [6, 6.07) is 0. The number of rotatable bonds is 15. The molecule has 18 nitrogen and oxygen atoms in total. The summed E-state index contributed by atoms with van der Waals surface area (Å²) in [5, 5.41) is 25.5. The molecule has 2 saturated heterocycles. The Hall–Kier alpha value is -2.78. The maximum Gasteiger partial charge on any atom is 0.243 e. The van der Waals surface area contributed by atoms with Crippen molar-refractivity contribution in [3.05, 3.63) is 37.5 Å². The van der Waals surface area contributed by atoms with Gasteiger partial charge in [-0.25, -0.2) is 38.7 Å². The number of fused-ring (bicyclic) bond motifs is 2. The van der Waals surface area contributed by atoms with Crippen LogP contribution in [0.5, 0.6) is 0 Å². The highest BCUT2D eigenvalue weighted by molar-refractivity contribution is 8.39. The number of anilines is 2. The van der Waals surface area contributed by atoms with E-state index in [2.05, 4.69) is 65.0 Å². The Morgan fingerprint density at radius 2 is 1.29 bits per heavy atom. The highest BCUT2D eigenvalue weighted by atomic mass is 32.7. The second kappa shape index (κ2) is 16.1. The number of hydrogen-bond donors (Lipinski definition) is 6. The quantitative estimate of drug-likeness (QED) is 0.0442. The zero-order chi connectivity index (χ0) is 34.7. The lowest BCUT2D eigenvalue weighted by atomic mass is 10.1. The fourth-order valence-corrected chi connectivity index (χ4v) is 7.37. The summed E-state index contributed by atoms with van der Waals surface area (Å²) in [6.07, 6.45) is -0.955. The van der Waals surface area contributed by atoms with Crippen LogP contribution in [0, 0.1) is 0 Å². The lowest BCUT2D eigenvalue weighted by Crippen LogP contribution is -2.31. The van der Waals surface area contributed by atoms with Gasteiger partial charge in [-0.05, 0) is 6.42 Å². The van der Waals surface area contributed by atoms with Crippen molar-refractivity contribution < 1.29 is 46.6 Å². The van der Waals surface area contributed by atoms with Crippen LogP contribution in [0.4, 0.5) is 20.4 Å². The lowest BCUT2D eigenvalue weighted by molar-refractivity contribution is -0.0427. The van der Waals surface area contributed by atoms with E-state index in [9.17, 15) is 19.3 Å². The van der Waals surface area contributed by atoms with Crippen LogP contribution in [0.2, 0.25) is 0 Å². The molecule has 2 aliphatic heterocycles. The molecular weight excluding hydrogens is 732 g/mol. The van der Waals surface area contributed by atoms with Gasteiger partial charge in [0, 0.05) is 13.1 Å². The minimum absolute atomic E-state index is 0.283. The van der Waals surface area contributed by atoms with Gasteiger partial charge in [-0.15, -0.1) is 0 Å². The van der Waals surface area contributed by atoms with Crippen molar-refractivity contribution in [1.29, 1.82) is 0 Å². The third kappa shape index (κ3) is 7.63. The van der Waals surface area contributed by atoms with E-state index in [-0.39, 0.29) is 11.3 Å². The zero-order valence-electron chi connectivity index (χ0n) is 25.2. The molecule has 6 rings (SSSR count). The molecule has 10 atom stereocenters. The van der Waals surface area contributed by atoms with E-state index in [1.165, 1.54) is 34.4 Å². The molecule has 0 radical (unpaired) electrons. The molecule has 0 amide bonds. The number of thiol groups is 2. The standard InChI is InChI=1S/C25H32F2N10O8P2S2/c26-14-18(44-46(40)48)12(6-38)42-24(14)36-10-34-16-20(30-8-32-22(16)36)28-4-2-1-3-5-29-21-17-23(33-9-31-21)37(11-35-17)25-15(27)19(45-47(41)49)13(7-39)43-25/h1-2,8-15,18-19,24-25,38-39,46-47H,3-7H2,(H,40,48)(H,41,49)(H,28,30,32)(H,29,31,33)/b2-1+/t12?,13?,14-,15-,18?,19-,24?,25?/m1/s1. The van der Waals surface area contributed by atoms with Gasteiger partial charge in [0.15, 0.2) is 58.8 Å². The molecule has 6 heterocycles. The Kier molecular flexibility index (Phi) is 11.8. The minimum atomic E-state index is -2.79. The summed E-state index contributed by atoms with van der Waals surface area (Å²) in [4.78, 5) is 25.6. The summed E-state index contributed by atoms with van der Waals surface area (Å²) in [5.41, 5.74) is 1.31. The molecule has 2 aliphatic rings. The lowest BCUT2D eigenvalue weighted by Gasteiger charge is -2.16. The number of halogens is 2. The summed E-state index contributed by atoms with van der Waals surface area (Å²) < 4.78 is 77.6. The maximum absolute atomic E-state index is 15.2. The molecule has 4 aromatic rings. The van der Waals surface area contributed by atoms with Gasteiger partial charge in [0.05, 0.1) is 25.9 Å². The van der Waals surface area contributed by atoms with Crippen molar-refractivity contribution in [2.45, 2.75) is 55.6 Å². The predicted molar refractivity (Wildman–Crippen MR) is 179 cm³/mol. The van der Waals surface area contributed by atoms with Crippen LogP contribution >= 0.6 is 39.0 Å². The van der Waals surface area contributed by atoms with Crippen molar-refractivity contribution in [3.63, 3.8) is 0 Å². The van der Waals surface area contributed by atoms with Crippen LogP contribution in [0.3, 0.4) is 0 Å². The zero-order valence-corrected chi connectivity index (χ0v) is 29.0. The van der Waals surface area contributed by atoms with E-state index in [0.29, 0.717) is 42.2 Å². The third-order valence-corrected chi connectivity index (χ3v) is 9.37. The summed E-state index contributed by atoms with van der Waals surface area (Å²) in [6.45, 7) is -0.245. The molecule has 0 spiro atoms. The van der Waals surface area contributed by atoms with E-state index >= 15 is 8.78 Å². The smallest absolute Gasteiger partial charge is 0.243 e. The first kappa shape index (κ1) is 36.0. The topological polar surface area (TPSA) is 223 Å². The van der Waals surface area contributed by atoms with E-state index in [1.807, 2.05) is 12.2 Å². The second-order valence-electron chi connectivity index (χ2n) is 10.7. The van der Waals surface area contributed by atoms with Gasteiger partial charge < -0.3 is 39.4 Å². The monoisotopic (exact) mass is 764 g/mol. The van der Waals surface area contributed by atoms with Gasteiger partial charge in [0.2, 0.25) is 14.5 Å². The highest BCUT2D eigenvalue weighted by Gasteiger charge is 2.49. The van der Waals surface area contributed by atoms with E-state index in [1.54, 1.807) is 0 Å². The Labute approximate surface area is 288 Å². The molecule has 0 aliphatic carbocycles. The molecular formula is C25H32F2N10O8P2S2. The van der Waals surface area contributed by atoms with E-state index < -0.39 is 76.9 Å². The van der Waals surface area contributed by atoms with Crippen molar-refractivity contribution in [1.82, 2.24) is 39.0 Å². The SMILES string of the molecule is O=[PH](S)OC1C(CO)OC(n2cnc3c(NC/C=C/CCNc4ncnc5c4ncn5C4OC(CO)[C@@H](O[PH](=O)S)[C@H]4F)ncnc32)[C@@H]1F. The van der Waals surface area contributed by atoms with Crippen LogP contribution in [0.1, 0.15) is 18.9 Å². The van der Waals surface area contributed by atoms with Crippen molar-refractivity contribution in [2.75, 3.05) is 36.9 Å². The largest absolute Gasteiger partial charge is 0.394 e. The number of aliphatic hydroxyl groups excluding tert-OH is 2. The number of nitrogens with zero attached hydrogens (tertiary/aromatic N) is 8. The van der Waals surface area contributed by atoms with Gasteiger partial charge in [-0.2, -0.15) is 0 Å². The van der Waals surface area contributed by atoms with Gasteiger partial charge in [-0.3, -0.25) is 18.3 Å². The van der Waals surface area contributed by atoms with Crippen LogP contribution in [0.15, 0.2) is 37.5 Å². The normalized spacial score (nSPS) is 28.5. The third-order valence-electron chi connectivity index (χ3n) is 7.79. The van der Waals surface area contributed by atoms with Gasteiger partial charge >= 0.3 is 0 Å². The molecule has 7 unspecified atom stereocenters. The highest BCUT2D eigenvalue weighted by Crippen LogP contribution is 2.42. The Balaban J connectivity index is 1.03. The average Bonchev–Trinajstić information content (AvgIpc) is 3.85. The number of nitrogens with one attached hydrogen (secondary N) is 2. The summed E-state index contributed by atoms with van der Waals surface area (Å²) in [7, 11) is -5.57. The van der Waals surface area contributed by atoms with Crippen LogP contribution in [-0.4, -0.2) is 112 Å². The molecule has 0 saturated carbocycles. The van der Waals surface area contributed by atoms with Gasteiger partial charge in [0.25, 0.3) is 0 Å². The maximum atomic E-state index is 15.2. The molecule has 0 aromatic carbocycles. The molecule has 4 aromatic heterocycles. The van der Waals surface area contributed by atoms with Crippen LogP contribution in [-0.2, 0) is 27.7 Å². The van der Waals surface area contributed by atoms with Gasteiger partial charge in [-0.1, -0.05) is 36.6 Å². The summed E-state index contributed by atoms with van der Waals surface area (Å²) >= 11 is 7.43. The fraction of sp³-hybridized carbons (Fsp3) is 0.520. The number of alkyl halides is 2. The predicted octanol–water partition coefficient (Wildman–Crippen LogP) is 2.30. The number of aromatic nitrogens is 8.